The molecule has 0 aromatic rings. The summed E-state index contributed by atoms with van der Waals surface area (Å²) < 4.78 is 0. The van der Waals surface area contributed by atoms with Crippen LogP contribution < -0.4 is 0 Å². The van der Waals surface area contributed by atoms with Crippen LogP contribution in [0.2, 0.25) is 0 Å². The summed E-state index contributed by atoms with van der Waals surface area (Å²) in [5.41, 5.74) is 0. The van der Waals surface area contributed by atoms with Gasteiger partial charge in [0.15, 0.2) is 0 Å². The summed E-state index contributed by atoms with van der Waals surface area (Å²) in [6, 6.07) is 0. The molecule has 0 fully saturated rings. The van der Waals surface area contributed by atoms with Gasteiger partial charge in [-0.3, -0.25) is 0 Å². The molecule has 0 saturated carbocycles. The first-order valence-electron chi connectivity index (χ1n) is 1.50. The van der Waals surface area contributed by atoms with Crippen molar-refractivity contribution in [1.82, 2.24) is 0 Å². The van der Waals surface area contributed by atoms with Crippen LogP contribution in [-0.4, -0.2) is 37.7 Å². The average Bonchev–Trinajstić information content (AvgIpc) is 0.811. The first-order valence-corrected chi connectivity index (χ1v) is 1.50. The fraction of sp³-hybridized carbons (Fsp3) is 0.750. The maximum atomic E-state index is 2.08. The second-order valence-electron chi connectivity index (χ2n) is 1.50. The Kier molecular flexibility index (Phi) is 24.8. The molecule has 0 aromatic carbocycles. The molecule has 0 aliphatic heterocycles. The molecule has 0 saturated heterocycles. The minimum absolute atomic E-state index is 0. The quantitative estimate of drug-likeness (QED) is 0.362. The van der Waals surface area contributed by atoms with Crippen molar-refractivity contribution < 1.29 is 0 Å². The van der Waals surface area contributed by atoms with Crippen LogP contribution in [0.4, 0.5) is 0 Å². The molecule has 1 radical (unpaired) electrons. The van der Waals surface area contributed by atoms with Gasteiger partial charge in [-0.2, -0.15) is 0 Å². The van der Waals surface area contributed by atoms with E-state index >= 15 is 0 Å². The standard InChI is InChI=1S/C4H9.2Li.2H/c1-4(2)3;;;;/h1-3H3;;;;. The molecule has 0 amide bonds. The summed E-state index contributed by atoms with van der Waals surface area (Å²) in [5, 5.41) is 0. The van der Waals surface area contributed by atoms with Crippen molar-refractivity contribution in [2.45, 2.75) is 20.8 Å². The predicted octanol–water partition coefficient (Wildman–Crippen LogP) is 0.324. The Hall–Kier alpha value is 1.19. The van der Waals surface area contributed by atoms with Gasteiger partial charge >= 0.3 is 37.7 Å². The van der Waals surface area contributed by atoms with Crippen LogP contribution in [-0.2, 0) is 0 Å². The van der Waals surface area contributed by atoms with Gasteiger partial charge in [0.2, 0.25) is 0 Å². The van der Waals surface area contributed by atoms with Gasteiger partial charge in [0, 0.05) is 0 Å². The van der Waals surface area contributed by atoms with Crippen molar-refractivity contribution in [3.63, 3.8) is 0 Å². The Balaban J connectivity index is -0.0000000450. The van der Waals surface area contributed by atoms with E-state index in [-0.39, 0.29) is 37.7 Å². The third kappa shape index (κ3) is 64.0. The second-order valence-corrected chi connectivity index (χ2v) is 1.50. The number of hydrogen-bond acceptors (Lipinski definition) is 0. The normalized spacial score (nSPS) is 6.00. The van der Waals surface area contributed by atoms with Crippen LogP contribution >= 0.6 is 0 Å². The van der Waals surface area contributed by atoms with Crippen molar-refractivity contribution in [2.75, 3.05) is 0 Å². The van der Waals surface area contributed by atoms with E-state index in [1.807, 2.05) is 0 Å². The van der Waals surface area contributed by atoms with Crippen molar-refractivity contribution in [3.8, 4) is 0 Å². The minimum atomic E-state index is 0. The molecule has 0 atom stereocenters. The second kappa shape index (κ2) is 9.50. The molecule has 2 heteroatoms. The van der Waals surface area contributed by atoms with Crippen LogP contribution in [0, 0.1) is 5.92 Å². The van der Waals surface area contributed by atoms with Crippen LogP contribution in [0.5, 0.6) is 0 Å². The molecule has 0 heterocycles. The predicted molar refractivity (Wildman–Crippen MR) is 34.6 cm³/mol. The molecule has 0 nitrogen and oxygen atoms in total. The van der Waals surface area contributed by atoms with E-state index in [1.54, 1.807) is 0 Å². The molecule has 0 N–H and O–H groups in total. The summed E-state index contributed by atoms with van der Waals surface area (Å²) in [6.07, 6.45) is 0. The molecule has 0 bridgehead atoms. The van der Waals surface area contributed by atoms with Gasteiger partial charge in [-0.25, -0.2) is 0 Å². The Bertz CT molecular complexity index is 10.3. The number of hydrogen-bond donors (Lipinski definition) is 0. The van der Waals surface area contributed by atoms with Crippen LogP contribution in [0.3, 0.4) is 0 Å². The zero-order valence-electron chi connectivity index (χ0n) is 3.50. The summed E-state index contributed by atoms with van der Waals surface area (Å²) in [4.78, 5) is 0. The first kappa shape index (κ1) is 15.7. The van der Waals surface area contributed by atoms with E-state index in [4.69, 9.17) is 0 Å². The van der Waals surface area contributed by atoms with E-state index in [0.717, 1.165) is 0 Å². The van der Waals surface area contributed by atoms with Gasteiger partial charge in [0.1, 0.15) is 0 Å². The third-order valence-electron chi connectivity index (χ3n) is 0. The first-order chi connectivity index (χ1) is 1.73. The third-order valence-corrected chi connectivity index (χ3v) is 0. The van der Waals surface area contributed by atoms with Gasteiger partial charge in [-0.15, -0.1) is 0 Å². The van der Waals surface area contributed by atoms with Crippen molar-refractivity contribution >= 4 is 37.7 Å². The van der Waals surface area contributed by atoms with Crippen LogP contribution in [0.15, 0.2) is 0 Å². The van der Waals surface area contributed by atoms with Gasteiger partial charge in [-0.05, 0) is 5.92 Å². The zero-order valence-corrected chi connectivity index (χ0v) is 3.50. The van der Waals surface area contributed by atoms with Crippen LogP contribution in [0.1, 0.15) is 20.8 Å². The molecular weight excluding hydrogens is 61.9 g/mol. The van der Waals surface area contributed by atoms with Gasteiger partial charge in [0.05, 0.1) is 0 Å². The monoisotopic (exact) mass is 73.1 g/mol. The topological polar surface area (TPSA) is 0 Å². The van der Waals surface area contributed by atoms with E-state index in [2.05, 4.69) is 20.8 Å². The van der Waals surface area contributed by atoms with E-state index in [0.29, 0.717) is 0 Å². The fourth-order valence-electron chi connectivity index (χ4n) is 0. The molecule has 0 spiro atoms. The Morgan fingerprint density at radius 2 is 0.833 bits per heavy atom. The summed E-state index contributed by atoms with van der Waals surface area (Å²) >= 11 is 0. The Morgan fingerprint density at radius 1 is 0.833 bits per heavy atom. The number of rotatable bonds is 0. The van der Waals surface area contributed by atoms with Gasteiger partial charge in [0.25, 0.3) is 0 Å². The summed E-state index contributed by atoms with van der Waals surface area (Å²) in [5.74, 6) is 1.42. The van der Waals surface area contributed by atoms with E-state index in [1.165, 1.54) is 5.92 Å². The average molecular weight is 73.0 g/mol. The fourth-order valence-corrected chi connectivity index (χ4v) is 0. The molecule has 0 rings (SSSR count). The Morgan fingerprint density at radius 3 is 0.833 bits per heavy atom. The molecule has 0 unspecified atom stereocenters. The van der Waals surface area contributed by atoms with E-state index in [9.17, 15) is 0 Å². The van der Waals surface area contributed by atoms with Gasteiger partial charge < -0.3 is 0 Å². The molecule has 0 aliphatic carbocycles. The van der Waals surface area contributed by atoms with Gasteiger partial charge in [-0.1, -0.05) is 20.8 Å². The molecule has 29 valence electrons. The van der Waals surface area contributed by atoms with Crippen molar-refractivity contribution in [3.05, 3.63) is 5.92 Å². The van der Waals surface area contributed by atoms with Crippen molar-refractivity contribution in [2.24, 2.45) is 0 Å². The zero-order chi connectivity index (χ0) is 3.58. The molecular formula is C4H11Li2. The van der Waals surface area contributed by atoms with E-state index < -0.39 is 0 Å². The molecule has 0 aliphatic rings. The summed E-state index contributed by atoms with van der Waals surface area (Å²) in [7, 11) is 0. The van der Waals surface area contributed by atoms with Crippen molar-refractivity contribution in [1.29, 1.82) is 0 Å². The SMILES string of the molecule is C[C](C)C.[LiH].[LiH]. The molecule has 0 aromatic heterocycles. The Labute approximate surface area is 64.4 Å². The van der Waals surface area contributed by atoms with Crippen LogP contribution in [0.25, 0.3) is 0 Å². The maximum absolute atomic E-state index is 2.08. The molecule has 6 heavy (non-hydrogen) atoms. The summed E-state index contributed by atoms with van der Waals surface area (Å²) in [6.45, 7) is 6.25.